The highest BCUT2D eigenvalue weighted by atomic mass is 16.2. The minimum atomic E-state index is -0.494. The number of benzene rings is 3. The van der Waals surface area contributed by atoms with Crippen LogP contribution in [-0.4, -0.2) is 28.8 Å². The van der Waals surface area contributed by atoms with Crippen molar-refractivity contribution < 1.29 is 9.59 Å². The number of amides is 2. The van der Waals surface area contributed by atoms with Crippen LogP contribution in [0.4, 0.5) is 0 Å². The smallest absolute Gasteiger partial charge is 0.243 e. The number of nitrogens with one attached hydrogen (secondary N) is 1. The van der Waals surface area contributed by atoms with Crippen molar-refractivity contribution in [2.24, 2.45) is 0 Å². The fourth-order valence-electron chi connectivity index (χ4n) is 5.27. The zero-order valence-electron chi connectivity index (χ0n) is 21.5. The molecule has 0 heterocycles. The Balaban J connectivity index is 1.62. The summed E-state index contributed by atoms with van der Waals surface area (Å²) in [4.78, 5) is 29.3. The van der Waals surface area contributed by atoms with Gasteiger partial charge in [0.15, 0.2) is 0 Å². The van der Waals surface area contributed by atoms with E-state index in [1.807, 2.05) is 48.2 Å². The molecule has 3 aromatic carbocycles. The first-order valence-electron chi connectivity index (χ1n) is 13.3. The molecule has 1 fully saturated rings. The van der Waals surface area contributed by atoms with Gasteiger partial charge in [0.1, 0.15) is 6.04 Å². The van der Waals surface area contributed by atoms with Gasteiger partial charge >= 0.3 is 0 Å². The summed E-state index contributed by atoms with van der Waals surface area (Å²) in [5.41, 5.74) is 4.43. The predicted octanol–water partition coefficient (Wildman–Crippen LogP) is 6.38. The highest BCUT2D eigenvalue weighted by molar-refractivity contribution is 5.88. The number of carbonyl (C=O) groups is 2. The van der Waals surface area contributed by atoms with Crippen LogP contribution in [0, 0.1) is 6.92 Å². The molecule has 1 aliphatic rings. The van der Waals surface area contributed by atoms with Gasteiger partial charge in [-0.05, 0) is 42.9 Å². The molecule has 1 saturated carbocycles. The van der Waals surface area contributed by atoms with E-state index < -0.39 is 6.04 Å². The summed E-state index contributed by atoms with van der Waals surface area (Å²) in [5, 5.41) is 3.24. The molecule has 4 rings (SSSR count). The number of aryl methyl sites for hydroxylation is 1. The number of carbonyl (C=O) groups excluding carboxylic acids is 2. The summed E-state index contributed by atoms with van der Waals surface area (Å²) in [7, 11) is 0. The molecule has 2 amide bonds. The van der Waals surface area contributed by atoms with Crippen molar-refractivity contribution in [3.8, 4) is 0 Å². The lowest BCUT2D eigenvalue weighted by molar-refractivity contribution is -0.141. The summed E-state index contributed by atoms with van der Waals surface area (Å²) in [6, 6.07) is 28.4. The molecule has 3 aromatic rings. The monoisotopic (exact) mass is 482 g/mol. The van der Waals surface area contributed by atoms with E-state index in [1.54, 1.807) is 0 Å². The lowest BCUT2D eigenvalue weighted by atomic mass is 9.88. The fourth-order valence-corrected chi connectivity index (χ4v) is 5.27. The molecule has 4 nitrogen and oxygen atoms in total. The zero-order chi connectivity index (χ0) is 25.3. The summed E-state index contributed by atoms with van der Waals surface area (Å²) in [6.45, 7) is 4.48. The van der Waals surface area contributed by atoms with Crippen LogP contribution in [0.15, 0.2) is 84.9 Å². The zero-order valence-corrected chi connectivity index (χ0v) is 21.5. The van der Waals surface area contributed by atoms with Gasteiger partial charge in [0.05, 0.1) is 0 Å². The van der Waals surface area contributed by atoms with E-state index >= 15 is 0 Å². The number of hydrogen-bond donors (Lipinski definition) is 1. The van der Waals surface area contributed by atoms with E-state index in [-0.39, 0.29) is 23.8 Å². The van der Waals surface area contributed by atoms with Gasteiger partial charge in [0.25, 0.3) is 0 Å². The first-order chi connectivity index (χ1) is 17.5. The van der Waals surface area contributed by atoms with Crippen LogP contribution < -0.4 is 5.32 Å². The molecule has 0 aliphatic heterocycles. The van der Waals surface area contributed by atoms with Gasteiger partial charge in [-0.2, -0.15) is 0 Å². The first kappa shape index (κ1) is 25.7. The van der Waals surface area contributed by atoms with Crippen LogP contribution in [0.1, 0.15) is 73.6 Å². The van der Waals surface area contributed by atoms with Crippen molar-refractivity contribution in [2.45, 2.75) is 76.9 Å². The van der Waals surface area contributed by atoms with E-state index in [2.05, 4.69) is 60.8 Å². The second kappa shape index (κ2) is 12.5. The molecule has 0 saturated heterocycles. The summed E-state index contributed by atoms with van der Waals surface area (Å²) >= 11 is 0. The maximum atomic E-state index is 14.1. The van der Waals surface area contributed by atoms with Crippen molar-refractivity contribution in [2.75, 3.05) is 0 Å². The van der Waals surface area contributed by atoms with Crippen LogP contribution in [-0.2, 0) is 16.1 Å². The van der Waals surface area contributed by atoms with Crippen LogP contribution in [0.2, 0.25) is 0 Å². The van der Waals surface area contributed by atoms with Crippen molar-refractivity contribution in [3.63, 3.8) is 0 Å². The number of hydrogen-bond acceptors (Lipinski definition) is 2. The van der Waals surface area contributed by atoms with Gasteiger partial charge in [-0.3, -0.25) is 9.59 Å². The van der Waals surface area contributed by atoms with Crippen LogP contribution in [0.5, 0.6) is 0 Å². The maximum absolute atomic E-state index is 14.1. The molecule has 1 aliphatic carbocycles. The molecule has 1 N–H and O–H groups in total. The predicted molar refractivity (Wildman–Crippen MR) is 146 cm³/mol. The normalized spacial score (nSPS) is 14.5. The number of rotatable bonds is 10. The van der Waals surface area contributed by atoms with Crippen molar-refractivity contribution in [1.82, 2.24) is 10.2 Å². The minimum Gasteiger partial charge on any atom is -0.352 e. The van der Waals surface area contributed by atoms with Crippen molar-refractivity contribution in [1.29, 1.82) is 0 Å². The molecule has 1 unspecified atom stereocenters. The Hall–Kier alpha value is -3.40. The highest BCUT2D eigenvalue weighted by Gasteiger charge is 2.32. The Morgan fingerprint density at radius 2 is 1.42 bits per heavy atom. The van der Waals surface area contributed by atoms with Crippen molar-refractivity contribution >= 4 is 11.8 Å². The quantitative estimate of drug-likeness (QED) is 0.364. The second-order valence-corrected chi connectivity index (χ2v) is 10.00. The molecular weight excluding hydrogens is 444 g/mol. The third-order valence-electron chi connectivity index (χ3n) is 7.34. The lowest BCUT2D eigenvalue weighted by Crippen LogP contribution is -2.51. The Bertz CT molecular complexity index is 1070. The topological polar surface area (TPSA) is 49.4 Å². The summed E-state index contributed by atoms with van der Waals surface area (Å²) in [5.74, 6) is -0.0987. The van der Waals surface area contributed by atoms with Gasteiger partial charge in [-0.25, -0.2) is 0 Å². The Labute approximate surface area is 215 Å². The molecular formula is C32H38N2O2. The third-order valence-corrected chi connectivity index (χ3v) is 7.34. The lowest BCUT2D eigenvalue weighted by Gasteiger charge is -2.33. The first-order valence-corrected chi connectivity index (χ1v) is 13.3. The Morgan fingerprint density at radius 1 is 0.861 bits per heavy atom. The number of nitrogens with zero attached hydrogens (tertiary/aromatic N) is 1. The average Bonchev–Trinajstić information content (AvgIpc) is 3.42. The van der Waals surface area contributed by atoms with E-state index in [0.29, 0.717) is 19.4 Å². The largest absolute Gasteiger partial charge is 0.352 e. The van der Waals surface area contributed by atoms with Gasteiger partial charge in [0, 0.05) is 24.9 Å². The van der Waals surface area contributed by atoms with Gasteiger partial charge < -0.3 is 10.2 Å². The average molecular weight is 483 g/mol. The standard InChI is InChI=1S/C32H38N2O2/c1-3-30(32(36)33-28-16-10-11-17-28)34(23-25-20-18-24(2)19-21-25)31(35)22-29(26-12-6-4-7-13-26)27-14-8-5-9-15-27/h4-9,12-15,18-21,28-30H,3,10-11,16-17,22-23H2,1-2H3,(H,33,36). The van der Waals surface area contributed by atoms with Gasteiger partial charge in [0.2, 0.25) is 11.8 Å². The molecule has 1 atom stereocenters. The molecule has 36 heavy (non-hydrogen) atoms. The summed E-state index contributed by atoms with van der Waals surface area (Å²) in [6.07, 6.45) is 5.26. The Morgan fingerprint density at radius 3 is 1.94 bits per heavy atom. The highest BCUT2D eigenvalue weighted by Crippen LogP contribution is 2.30. The molecule has 188 valence electrons. The SMILES string of the molecule is CCC(C(=O)NC1CCCC1)N(Cc1ccc(C)cc1)C(=O)CC(c1ccccc1)c1ccccc1. The molecule has 0 radical (unpaired) electrons. The van der Waals surface area contributed by atoms with Crippen LogP contribution >= 0.6 is 0 Å². The minimum absolute atomic E-state index is 0.00158. The maximum Gasteiger partial charge on any atom is 0.243 e. The van der Waals surface area contributed by atoms with Gasteiger partial charge in [-0.15, -0.1) is 0 Å². The second-order valence-electron chi connectivity index (χ2n) is 10.00. The molecule has 0 aromatic heterocycles. The third kappa shape index (κ3) is 6.63. The molecule has 0 spiro atoms. The molecule has 4 heteroatoms. The van der Waals surface area contributed by atoms with E-state index in [1.165, 1.54) is 5.56 Å². The van der Waals surface area contributed by atoms with Crippen LogP contribution in [0.25, 0.3) is 0 Å². The van der Waals surface area contributed by atoms with Gasteiger partial charge in [-0.1, -0.05) is 110 Å². The van der Waals surface area contributed by atoms with E-state index in [4.69, 9.17) is 0 Å². The molecule has 0 bridgehead atoms. The summed E-state index contributed by atoms with van der Waals surface area (Å²) < 4.78 is 0. The fraction of sp³-hybridized carbons (Fsp3) is 0.375. The van der Waals surface area contributed by atoms with Crippen LogP contribution in [0.3, 0.4) is 0 Å². The van der Waals surface area contributed by atoms with E-state index in [9.17, 15) is 9.59 Å². The Kier molecular flexibility index (Phi) is 8.94. The van der Waals surface area contributed by atoms with Crippen molar-refractivity contribution in [3.05, 3.63) is 107 Å². The van der Waals surface area contributed by atoms with E-state index in [0.717, 1.165) is 42.4 Å².